The molecule has 3 heteroatoms. The van der Waals surface area contributed by atoms with Crippen molar-refractivity contribution in [1.82, 2.24) is 4.72 Å². The molecule has 0 bridgehead atoms. The van der Waals surface area contributed by atoms with Crippen LogP contribution in [-0.4, -0.2) is 16.5 Å². The highest BCUT2D eigenvalue weighted by Gasteiger charge is 2.14. The van der Waals surface area contributed by atoms with Crippen LogP contribution in [0.3, 0.4) is 0 Å². The summed E-state index contributed by atoms with van der Waals surface area (Å²) in [4.78, 5) is 0. The highest BCUT2D eigenvalue weighted by molar-refractivity contribution is 7.83. The van der Waals surface area contributed by atoms with Gasteiger partial charge in [-0.3, -0.25) is 0 Å². The lowest BCUT2D eigenvalue weighted by molar-refractivity contribution is 0.682. The minimum absolute atomic E-state index is 0.612. The molecule has 0 aromatic rings. The highest BCUT2D eigenvalue weighted by atomic mass is 32.2. The third-order valence-corrected chi connectivity index (χ3v) is 2.39. The molecule has 1 aliphatic rings. The van der Waals surface area contributed by atoms with Crippen LogP contribution in [0.4, 0.5) is 0 Å². The topological polar surface area (TPSA) is 29.1 Å². The maximum Gasteiger partial charge on any atom is 0.0918 e. The predicted octanol–water partition coefficient (Wildman–Crippen LogP) is 0.916. The van der Waals surface area contributed by atoms with Gasteiger partial charge < -0.3 is 0 Å². The monoisotopic (exact) mass is 149 g/mol. The Kier molecular flexibility index (Phi) is 5.00. The second kappa shape index (κ2) is 4.94. The summed E-state index contributed by atoms with van der Waals surface area (Å²) >= 11 is 0. The van der Waals surface area contributed by atoms with Crippen LogP contribution in [0.2, 0.25) is 0 Å². The van der Waals surface area contributed by atoms with Gasteiger partial charge in [0, 0.05) is 12.3 Å². The molecule has 1 saturated heterocycles. The van der Waals surface area contributed by atoms with Crippen molar-refractivity contribution in [3.63, 3.8) is 0 Å². The van der Waals surface area contributed by atoms with Crippen molar-refractivity contribution in [3.05, 3.63) is 0 Å². The fraction of sp³-hybridized carbons (Fsp3) is 1.00. The standard InChI is InChI=1S/C4H9NOS.C2H6/c1-4-2-5-7(6)3-4;1-2/h4-5H,2-3H2,1H3;1-2H3. The van der Waals surface area contributed by atoms with E-state index in [9.17, 15) is 4.21 Å². The molecule has 1 N–H and O–H groups in total. The summed E-state index contributed by atoms with van der Waals surface area (Å²) in [6.45, 7) is 7.02. The van der Waals surface area contributed by atoms with Crippen LogP contribution in [0.5, 0.6) is 0 Å². The van der Waals surface area contributed by atoms with Crippen molar-refractivity contribution in [2.24, 2.45) is 5.92 Å². The van der Waals surface area contributed by atoms with E-state index in [1.165, 1.54) is 0 Å². The fourth-order valence-electron chi connectivity index (χ4n) is 0.611. The molecule has 9 heavy (non-hydrogen) atoms. The van der Waals surface area contributed by atoms with Gasteiger partial charge in [0.2, 0.25) is 0 Å². The van der Waals surface area contributed by atoms with Gasteiger partial charge in [-0.25, -0.2) is 8.93 Å². The quantitative estimate of drug-likeness (QED) is 0.545. The Morgan fingerprint density at radius 3 is 2.22 bits per heavy atom. The second-order valence-corrected chi connectivity index (χ2v) is 3.28. The number of nitrogens with one attached hydrogen (secondary N) is 1. The molecule has 0 amide bonds. The molecular weight excluding hydrogens is 134 g/mol. The Morgan fingerprint density at radius 2 is 2.11 bits per heavy atom. The van der Waals surface area contributed by atoms with E-state index in [4.69, 9.17) is 0 Å². The Balaban J connectivity index is 0.000000291. The third kappa shape index (κ3) is 3.65. The summed E-state index contributed by atoms with van der Waals surface area (Å²) in [6.07, 6.45) is 0. The molecule has 0 saturated carbocycles. The van der Waals surface area contributed by atoms with E-state index in [0.717, 1.165) is 12.3 Å². The summed E-state index contributed by atoms with van der Waals surface area (Å²) in [5.41, 5.74) is 0. The third-order valence-electron chi connectivity index (χ3n) is 1.03. The number of hydrogen-bond acceptors (Lipinski definition) is 1. The fourth-order valence-corrected chi connectivity index (χ4v) is 1.83. The van der Waals surface area contributed by atoms with Crippen LogP contribution in [0.1, 0.15) is 20.8 Å². The van der Waals surface area contributed by atoms with E-state index in [2.05, 4.69) is 11.6 Å². The maximum atomic E-state index is 10.5. The Bertz CT molecular complexity index is 95.1. The molecule has 0 aromatic carbocycles. The van der Waals surface area contributed by atoms with Crippen LogP contribution in [0.25, 0.3) is 0 Å². The minimum Gasteiger partial charge on any atom is -0.243 e. The van der Waals surface area contributed by atoms with Crippen LogP contribution < -0.4 is 4.72 Å². The SMILES string of the molecule is CC.CC1CNS(=O)C1. The van der Waals surface area contributed by atoms with Gasteiger partial charge in [-0.2, -0.15) is 0 Å². The summed E-state index contributed by atoms with van der Waals surface area (Å²) < 4.78 is 13.3. The van der Waals surface area contributed by atoms with Crippen LogP contribution in [-0.2, 0) is 11.0 Å². The van der Waals surface area contributed by atoms with Gasteiger partial charge in [-0.1, -0.05) is 20.8 Å². The van der Waals surface area contributed by atoms with Gasteiger partial charge in [0.15, 0.2) is 0 Å². The van der Waals surface area contributed by atoms with Gasteiger partial charge in [0.05, 0.1) is 11.0 Å². The predicted molar refractivity (Wildman–Crippen MR) is 41.5 cm³/mol. The smallest absolute Gasteiger partial charge is 0.0918 e. The van der Waals surface area contributed by atoms with Crippen LogP contribution in [0.15, 0.2) is 0 Å². The zero-order valence-electron chi connectivity index (χ0n) is 6.31. The lowest BCUT2D eigenvalue weighted by Gasteiger charge is -1.88. The Morgan fingerprint density at radius 1 is 1.56 bits per heavy atom. The Labute approximate surface area is 59.6 Å². The van der Waals surface area contributed by atoms with Crippen molar-refractivity contribution < 1.29 is 4.21 Å². The lowest BCUT2D eigenvalue weighted by Crippen LogP contribution is -2.08. The van der Waals surface area contributed by atoms with Gasteiger partial charge in [0.1, 0.15) is 0 Å². The van der Waals surface area contributed by atoms with Gasteiger partial charge in [-0.05, 0) is 5.92 Å². The molecule has 56 valence electrons. The molecule has 1 aliphatic heterocycles. The van der Waals surface area contributed by atoms with E-state index >= 15 is 0 Å². The summed E-state index contributed by atoms with van der Waals surface area (Å²) in [7, 11) is -0.703. The zero-order chi connectivity index (χ0) is 7.28. The molecule has 1 heterocycles. The first-order valence-corrected chi connectivity index (χ1v) is 4.73. The van der Waals surface area contributed by atoms with E-state index in [0.29, 0.717) is 5.92 Å². The maximum absolute atomic E-state index is 10.5. The van der Waals surface area contributed by atoms with E-state index < -0.39 is 11.0 Å². The highest BCUT2D eigenvalue weighted by Crippen LogP contribution is 2.01. The zero-order valence-corrected chi connectivity index (χ0v) is 7.12. The molecule has 1 fully saturated rings. The van der Waals surface area contributed by atoms with Gasteiger partial charge in [-0.15, -0.1) is 0 Å². The number of hydrogen-bond donors (Lipinski definition) is 1. The molecular formula is C6H15NOS. The molecule has 2 nitrogen and oxygen atoms in total. The Hall–Kier alpha value is 0.110. The first-order chi connectivity index (χ1) is 4.29. The molecule has 0 radical (unpaired) electrons. The molecule has 0 aliphatic carbocycles. The summed E-state index contributed by atoms with van der Waals surface area (Å²) in [5, 5.41) is 0. The average molecular weight is 149 g/mol. The van der Waals surface area contributed by atoms with Crippen molar-refractivity contribution in [3.8, 4) is 0 Å². The van der Waals surface area contributed by atoms with Gasteiger partial charge in [0.25, 0.3) is 0 Å². The lowest BCUT2D eigenvalue weighted by atomic mass is 10.2. The van der Waals surface area contributed by atoms with Crippen molar-refractivity contribution in [2.45, 2.75) is 20.8 Å². The molecule has 1 rings (SSSR count). The summed E-state index contributed by atoms with van der Waals surface area (Å²) in [6, 6.07) is 0. The van der Waals surface area contributed by atoms with Crippen molar-refractivity contribution in [1.29, 1.82) is 0 Å². The minimum atomic E-state index is -0.703. The molecule has 2 atom stereocenters. The first kappa shape index (κ1) is 9.11. The number of rotatable bonds is 0. The van der Waals surface area contributed by atoms with Gasteiger partial charge >= 0.3 is 0 Å². The van der Waals surface area contributed by atoms with E-state index in [-0.39, 0.29) is 0 Å². The van der Waals surface area contributed by atoms with Crippen LogP contribution >= 0.6 is 0 Å². The molecule has 0 aromatic heterocycles. The second-order valence-electron chi connectivity index (χ2n) is 1.97. The largest absolute Gasteiger partial charge is 0.243 e. The van der Waals surface area contributed by atoms with Crippen LogP contribution in [0, 0.1) is 5.92 Å². The molecule has 0 spiro atoms. The van der Waals surface area contributed by atoms with Crippen molar-refractivity contribution in [2.75, 3.05) is 12.3 Å². The van der Waals surface area contributed by atoms with E-state index in [1.807, 2.05) is 13.8 Å². The summed E-state index contributed by atoms with van der Waals surface area (Å²) in [5.74, 6) is 1.45. The average Bonchev–Trinajstić information content (AvgIpc) is 2.20. The first-order valence-electron chi connectivity index (χ1n) is 3.41. The van der Waals surface area contributed by atoms with E-state index in [1.54, 1.807) is 0 Å². The normalized spacial score (nSPS) is 33.2. The van der Waals surface area contributed by atoms with Crippen molar-refractivity contribution >= 4 is 11.0 Å². The molecule has 2 unspecified atom stereocenters.